The summed E-state index contributed by atoms with van der Waals surface area (Å²) in [7, 11) is 0. The van der Waals surface area contributed by atoms with E-state index in [1.807, 2.05) is 0 Å². The molecule has 3 nitrogen and oxygen atoms in total. The predicted molar refractivity (Wildman–Crippen MR) is 49.5 cm³/mol. The molecule has 0 saturated heterocycles. The van der Waals surface area contributed by atoms with Gasteiger partial charge in [-0.2, -0.15) is 0 Å². The molecule has 1 rings (SSSR count). The highest BCUT2D eigenvalue weighted by Gasteiger charge is 2.04. The molecule has 1 aromatic rings. The number of hydroxylamine groups is 1. The number of carbonyl (C=O) groups is 1. The van der Waals surface area contributed by atoms with Crippen molar-refractivity contribution in [3.63, 3.8) is 0 Å². The second-order valence-electron chi connectivity index (χ2n) is 2.11. The van der Waals surface area contributed by atoms with Crippen molar-refractivity contribution in [2.24, 2.45) is 0 Å². The van der Waals surface area contributed by atoms with E-state index in [-0.39, 0.29) is 0 Å². The van der Waals surface area contributed by atoms with Gasteiger partial charge in [0.1, 0.15) is 0 Å². The van der Waals surface area contributed by atoms with Gasteiger partial charge in [-0.05, 0) is 12.1 Å². The molecule has 64 valence electrons. The number of benzene rings is 1. The van der Waals surface area contributed by atoms with Crippen LogP contribution in [0.25, 0.3) is 0 Å². The minimum Gasteiger partial charge on any atom is -0.746 e. The molecular weight excluding hydrogens is 174 g/mol. The van der Waals surface area contributed by atoms with Crippen molar-refractivity contribution < 1.29 is 4.79 Å². The summed E-state index contributed by atoms with van der Waals surface area (Å²) in [6.07, 6.45) is 1.56. The van der Waals surface area contributed by atoms with Gasteiger partial charge in [-0.25, -0.2) is 0 Å². The molecule has 0 atom stereocenters. The fourth-order valence-electron chi connectivity index (χ4n) is 0.769. The lowest BCUT2D eigenvalue weighted by molar-refractivity contribution is 0.0907. The maximum atomic E-state index is 11.2. The topological polar surface area (TPSA) is 43.4 Å². The summed E-state index contributed by atoms with van der Waals surface area (Å²) in [6, 6.07) is 8.47. The minimum absolute atomic E-state index is 0.356. The molecule has 0 unspecified atom stereocenters. The number of hydrogen-bond donors (Lipinski definition) is 0. The smallest absolute Gasteiger partial charge is 0.253 e. The van der Waals surface area contributed by atoms with E-state index in [2.05, 4.69) is 0 Å². The van der Waals surface area contributed by atoms with Crippen LogP contribution >= 0.6 is 11.9 Å². The molecule has 0 heterocycles. The van der Waals surface area contributed by atoms with E-state index in [9.17, 15) is 10.0 Å². The lowest BCUT2D eigenvalue weighted by atomic mass is 10.2. The third kappa shape index (κ3) is 1.99. The van der Waals surface area contributed by atoms with Crippen LogP contribution in [0.2, 0.25) is 0 Å². The van der Waals surface area contributed by atoms with Crippen molar-refractivity contribution in [1.82, 2.24) is 4.47 Å². The Labute approximate surface area is 75.1 Å². The molecule has 0 N–H and O–H groups in total. The Morgan fingerprint density at radius 3 is 2.50 bits per heavy atom. The van der Waals surface area contributed by atoms with Gasteiger partial charge in [0.25, 0.3) is 5.91 Å². The van der Waals surface area contributed by atoms with Gasteiger partial charge in [0.15, 0.2) is 0 Å². The number of rotatable bonds is 2. The Bertz CT molecular complexity index is 263. The Kier molecular flexibility index (Phi) is 3.13. The third-order valence-corrected chi connectivity index (χ3v) is 1.85. The highest BCUT2D eigenvalue weighted by atomic mass is 32.2. The van der Waals surface area contributed by atoms with Crippen molar-refractivity contribution in [2.75, 3.05) is 6.26 Å². The van der Waals surface area contributed by atoms with Crippen LogP contribution < -0.4 is 0 Å². The molecule has 0 saturated carbocycles. The van der Waals surface area contributed by atoms with Crippen LogP contribution in [-0.4, -0.2) is 16.6 Å². The normalized spacial score (nSPS) is 9.50. The lowest BCUT2D eigenvalue weighted by Crippen LogP contribution is -2.16. The summed E-state index contributed by atoms with van der Waals surface area (Å²) < 4.78 is 0.356. The minimum atomic E-state index is -0.511. The molecule has 12 heavy (non-hydrogen) atoms. The quantitative estimate of drug-likeness (QED) is 0.518. The first-order valence-corrected chi connectivity index (χ1v) is 4.54. The molecular formula is C8H8NO2S-. The van der Waals surface area contributed by atoms with Gasteiger partial charge < -0.3 is 9.68 Å². The second-order valence-corrected chi connectivity index (χ2v) is 2.81. The Balaban J connectivity index is 2.79. The van der Waals surface area contributed by atoms with Crippen molar-refractivity contribution >= 4 is 17.9 Å². The highest BCUT2D eigenvalue weighted by molar-refractivity contribution is 7.96. The van der Waals surface area contributed by atoms with Crippen LogP contribution in [0, 0.1) is 5.21 Å². The van der Waals surface area contributed by atoms with Crippen molar-refractivity contribution in [2.45, 2.75) is 0 Å². The molecule has 0 radical (unpaired) electrons. The summed E-state index contributed by atoms with van der Waals surface area (Å²) in [5.41, 5.74) is 0.418. The molecule has 0 bridgehead atoms. The van der Waals surface area contributed by atoms with Gasteiger partial charge in [-0.1, -0.05) is 30.1 Å². The number of hydrogen-bond acceptors (Lipinski definition) is 3. The van der Waals surface area contributed by atoms with Gasteiger partial charge in [-0.3, -0.25) is 4.79 Å². The van der Waals surface area contributed by atoms with E-state index >= 15 is 0 Å². The van der Waals surface area contributed by atoms with E-state index < -0.39 is 5.91 Å². The molecule has 0 fully saturated rings. The van der Waals surface area contributed by atoms with E-state index in [4.69, 9.17) is 0 Å². The molecule has 0 spiro atoms. The predicted octanol–water partition coefficient (Wildman–Crippen LogP) is 1.90. The van der Waals surface area contributed by atoms with Gasteiger partial charge in [0.05, 0.1) is 0 Å². The van der Waals surface area contributed by atoms with E-state index in [1.54, 1.807) is 36.6 Å². The van der Waals surface area contributed by atoms with Crippen LogP contribution in [0.15, 0.2) is 30.3 Å². The Hall–Kier alpha value is -1.00. The van der Waals surface area contributed by atoms with Crippen molar-refractivity contribution in [1.29, 1.82) is 0 Å². The summed E-state index contributed by atoms with van der Waals surface area (Å²) in [5.74, 6) is -0.511. The number of nitrogens with zero attached hydrogens (tertiary/aromatic N) is 1. The molecule has 4 heteroatoms. The van der Waals surface area contributed by atoms with Gasteiger partial charge >= 0.3 is 0 Å². The first-order chi connectivity index (χ1) is 5.75. The Morgan fingerprint density at radius 1 is 1.42 bits per heavy atom. The van der Waals surface area contributed by atoms with E-state index in [0.717, 1.165) is 11.9 Å². The molecule has 0 aromatic heterocycles. The van der Waals surface area contributed by atoms with Crippen LogP contribution in [0.4, 0.5) is 0 Å². The zero-order valence-corrected chi connectivity index (χ0v) is 7.38. The SMILES string of the molecule is CSN([O-])C(=O)c1ccccc1. The first kappa shape index (κ1) is 9.09. The fraction of sp³-hybridized carbons (Fsp3) is 0.125. The maximum absolute atomic E-state index is 11.2. The average molecular weight is 182 g/mol. The summed E-state index contributed by atoms with van der Waals surface area (Å²) >= 11 is 0.856. The van der Waals surface area contributed by atoms with Gasteiger partial charge in [0.2, 0.25) is 0 Å². The maximum Gasteiger partial charge on any atom is 0.253 e. The summed E-state index contributed by atoms with van der Waals surface area (Å²) in [6.45, 7) is 0. The van der Waals surface area contributed by atoms with Crippen LogP contribution in [-0.2, 0) is 0 Å². The summed E-state index contributed by atoms with van der Waals surface area (Å²) in [5, 5.41) is 10.8. The zero-order valence-electron chi connectivity index (χ0n) is 6.56. The molecule has 1 amide bonds. The molecule has 0 aliphatic heterocycles. The first-order valence-electron chi connectivity index (χ1n) is 3.36. The van der Waals surface area contributed by atoms with E-state index in [1.165, 1.54) is 0 Å². The Morgan fingerprint density at radius 2 is 2.00 bits per heavy atom. The van der Waals surface area contributed by atoms with E-state index in [0.29, 0.717) is 10.0 Å². The highest BCUT2D eigenvalue weighted by Crippen LogP contribution is 2.09. The van der Waals surface area contributed by atoms with Gasteiger partial charge in [0, 0.05) is 11.8 Å². The molecule has 0 aliphatic rings. The third-order valence-electron chi connectivity index (χ3n) is 1.35. The second kappa shape index (κ2) is 4.13. The average Bonchev–Trinajstić information content (AvgIpc) is 2.17. The number of carbonyl (C=O) groups excluding carboxylic acids is 1. The lowest BCUT2D eigenvalue weighted by Gasteiger charge is -2.24. The van der Waals surface area contributed by atoms with Gasteiger partial charge in [-0.15, -0.1) is 0 Å². The monoisotopic (exact) mass is 182 g/mol. The largest absolute Gasteiger partial charge is 0.746 e. The molecule has 1 aromatic carbocycles. The van der Waals surface area contributed by atoms with Crippen LogP contribution in [0.3, 0.4) is 0 Å². The van der Waals surface area contributed by atoms with Crippen LogP contribution in [0.1, 0.15) is 10.4 Å². The van der Waals surface area contributed by atoms with Crippen LogP contribution in [0.5, 0.6) is 0 Å². The van der Waals surface area contributed by atoms with Crippen molar-refractivity contribution in [3.05, 3.63) is 41.1 Å². The summed E-state index contributed by atoms with van der Waals surface area (Å²) in [4.78, 5) is 11.2. The fourth-order valence-corrected chi connectivity index (χ4v) is 1.04. The zero-order chi connectivity index (χ0) is 8.97. The number of amides is 1. The standard InChI is InChI=1S/C8H8NO2S/c1-12-9(11)8(10)7-5-3-2-4-6-7/h2-6H,1H3/q-1. The van der Waals surface area contributed by atoms with Crippen molar-refractivity contribution in [3.8, 4) is 0 Å². The molecule has 0 aliphatic carbocycles.